The Morgan fingerprint density at radius 1 is 1.22 bits per heavy atom. The van der Waals surface area contributed by atoms with Crippen LogP contribution < -0.4 is 10.2 Å². The number of para-hydroxylation sites is 1. The van der Waals surface area contributed by atoms with Crippen LogP contribution in [-0.4, -0.2) is 53.2 Å². The highest BCUT2D eigenvalue weighted by molar-refractivity contribution is 5.74. The monoisotopic (exact) mass is 367 g/mol. The maximum Gasteiger partial charge on any atom is 0.317 e. The molecule has 3 heterocycles. The Kier molecular flexibility index (Phi) is 5.61. The Balaban J connectivity index is 1.25. The van der Waals surface area contributed by atoms with Crippen LogP contribution in [0.5, 0.6) is 0 Å². The Hall–Kier alpha value is -2.50. The van der Waals surface area contributed by atoms with Gasteiger partial charge in [-0.15, -0.1) is 0 Å². The van der Waals surface area contributed by atoms with Crippen molar-refractivity contribution in [1.29, 1.82) is 0 Å². The quantitative estimate of drug-likeness (QED) is 0.884. The van der Waals surface area contributed by atoms with E-state index in [9.17, 15) is 4.79 Å². The summed E-state index contributed by atoms with van der Waals surface area (Å²) < 4.78 is 2.11. The number of aryl methyl sites for hydroxylation is 1. The number of carbonyl (C=O) groups excluding carboxylic acids is 1. The Morgan fingerprint density at radius 3 is 3.04 bits per heavy atom. The fourth-order valence-electron chi connectivity index (χ4n) is 4.34. The molecule has 1 saturated heterocycles. The summed E-state index contributed by atoms with van der Waals surface area (Å²) in [4.78, 5) is 21.1. The number of imidazole rings is 1. The molecule has 0 bridgehead atoms. The highest BCUT2D eigenvalue weighted by Crippen LogP contribution is 2.26. The van der Waals surface area contributed by atoms with Crippen molar-refractivity contribution in [3.8, 4) is 0 Å². The van der Waals surface area contributed by atoms with Crippen LogP contribution in [0, 0.1) is 5.92 Å². The Labute approximate surface area is 161 Å². The van der Waals surface area contributed by atoms with Crippen molar-refractivity contribution in [1.82, 2.24) is 19.8 Å². The molecule has 6 heteroatoms. The van der Waals surface area contributed by atoms with Crippen LogP contribution >= 0.6 is 0 Å². The molecule has 1 aromatic carbocycles. The number of rotatable bonds is 5. The minimum Gasteiger partial charge on any atom is -0.370 e. The summed E-state index contributed by atoms with van der Waals surface area (Å²) in [6.45, 7) is 5.26. The molecule has 1 N–H and O–H groups in total. The van der Waals surface area contributed by atoms with E-state index in [0.29, 0.717) is 12.5 Å². The molecule has 4 rings (SSSR count). The van der Waals surface area contributed by atoms with Crippen molar-refractivity contribution in [3.05, 3.63) is 48.5 Å². The molecule has 0 aliphatic carbocycles. The zero-order valence-electron chi connectivity index (χ0n) is 15.9. The first kappa shape index (κ1) is 17.9. The highest BCUT2D eigenvalue weighted by atomic mass is 16.2. The van der Waals surface area contributed by atoms with Gasteiger partial charge in [0.2, 0.25) is 0 Å². The number of piperidine rings is 1. The van der Waals surface area contributed by atoms with Gasteiger partial charge in [-0.1, -0.05) is 18.2 Å². The molecule has 0 saturated carbocycles. The average Bonchev–Trinajstić information content (AvgIpc) is 3.21. The summed E-state index contributed by atoms with van der Waals surface area (Å²) in [5, 5.41) is 3.14. The van der Waals surface area contributed by atoms with Crippen molar-refractivity contribution in [2.45, 2.75) is 32.2 Å². The lowest BCUT2D eigenvalue weighted by Gasteiger charge is -2.34. The van der Waals surface area contributed by atoms with Gasteiger partial charge in [0.1, 0.15) is 0 Å². The van der Waals surface area contributed by atoms with Crippen LogP contribution in [-0.2, 0) is 13.0 Å². The molecule has 0 radical (unpaired) electrons. The molecule has 27 heavy (non-hydrogen) atoms. The SMILES string of the molecule is O=C(NCCN1CCCc2ccccc21)N1CCCC(Cn2ccnc2)C1. The first-order chi connectivity index (χ1) is 13.3. The number of likely N-dealkylation sites (tertiary alicyclic amines) is 1. The van der Waals surface area contributed by atoms with E-state index < -0.39 is 0 Å². The second-order valence-electron chi connectivity index (χ2n) is 7.66. The number of nitrogens with one attached hydrogen (secondary N) is 1. The minimum atomic E-state index is 0.0793. The summed E-state index contributed by atoms with van der Waals surface area (Å²) in [7, 11) is 0. The average molecular weight is 367 g/mol. The van der Waals surface area contributed by atoms with E-state index in [1.807, 2.05) is 23.6 Å². The third kappa shape index (κ3) is 4.43. The number of hydrogen-bond donors (Lipinski definition) is 1. The number of hydrogen-bond acceptors (Lipinski definition) is 3. The van der Waals surface area contributed by atoms with Gasteiger partial charge in [0.05, 0.1) is 6.33 Å². The van der Waals surface area contributed by atoms with Crippen molar-refractivity contribution in [2.75, 3.05) is 37.6 Å². The number of carbonyl (C=O) groups is 1. The normalized spacial score (nSPS) is 19.6. The smallest absolute Gasteiger partial charge is 0.317 e. The summed E-state index contributed by atoms with van der Waals surface area (Å²) in [5.74, 6) is 0.507. The molecule has 0 spiro atoms. The van der Waals surface area contributed by atoms with Gasteiger partial charge >= 0.3 is 6.03 Å². The van der Waals surface area contributed by atoms with Crippen molar-refractivity contribution < 1.29 is 4.79 Å². The van der Waals surface area contributed by atoms with Crippen LogP contribution in [0.25, 0.3) is 0 Å². The molecule has 1 unspecified atom stereocenters. The third-order valence-electron chi connectivity index (χ3n) is 5.70. The Morgan fingerprint density at radius 2 is 2.15 bits per heavy atom. The molecule has 2 amide bonds. The first-order valence-corrected chi connectivity index (χ1v) is 10.1. The van der Waals surface area contributed by atoms with Gasteiger partial charge in [-0.3, -0.25) is 0 Å². The van der Waals surface area contributed by atoms with Gasteiger partial charge in [-0.2, -0.15) is 0 Å². The molecular weight excluding hydrogens is 338 g/mol. The molecule has 1 atom stereocenters. The van der Waals surface area contributed by atoms with E-state index >= 15 is 0 Å². The molecule has 6 nitrogen and oxygen atoms in total. The fourth-order valence-corrected chi connectivity index (χ4v) is 4.34. The number of nitrogens with zero attached hydrogens (tertiary/aromatic N) is 4. The van der Waals surface area contributed by atoms with E-state index in [2.05, 4.69) is 44.0 Å². The van der Waals surface area contributed by atoms with Gasteiger partial charge in [0, 0.05) is 57.3 Å². The van der Waals surface area contributed by atoms with Gasteiger partial charge in [-0.05, 0) is 43.2 Å². The number of fused-ring (bicyclic) bond motifs is 1. The lowest BCUT2D eigenvalue weighted by atomic mass is 9.98. The Bertz CT molecular complexity index is 745. The van der Waals surface area contributed by atoms with Gasteiger partial charge < -0.3 is 19.7 Å². The maximum absolute atomic E-state index is 12.6. The predicted molar refractivity (Wildman–Crippen MR) is 107 cm³/mol. The zero-order chi connectivity index (χ0) is 18.5. The third-order valence-corrected chi connectivity index (χ3v) is 5.70. The predicted octanol–water partition coefficient (Wildman–Crippen LogP) is 2.76. The molecule has 2 aliphatic rings. The second-order valence-corrected chi connectivity index (χ2v) is 7.66. The summed E-state index contributed by atoms with van der Waals surface area (Å²) >= 11 is 0. The van der Waals surface area contributed by atoms with E-state index in [1.54, 1.807) is 0 Å². The van der Waals surface area contributed by atoms with Gasteiger partial charge in [-0.25, -0.2) is 9.78 Å². The zero-order valence-corrected chi connectivity index (χ0v) is 15.9. The summed E-state index contributed by atoms with van der Waals surface area (Å²) in [6, 6.07) is 8.70. The number of aromatic nitrogens is 2. The summed E-state index contributed by atoms with van der Waals surface area (Å²) in [5.41, 5.74) is 2.75. The van der Waals surface area contributed by atoms with Gasteiger partial charge in [0.25, 0.3) is 0 Å². The minimum absolute atomic E-state index is 0.0793. The van der Waals surface area contributed by atoms with Crippen LogP contribution in [0.1, 0.15) is 24.8 Å². The van der Waals surface area contributed by atoms with Crippen LogP contribution in [0.4, 0.5) is 10.5 Å². The fraction of sp³-hybridized carbons (Fsp3) is 0.524. The van der Waals surface area contributed by atoms with Crippen molar-refractivity contribution in [2.24, 2.45) is 5.92 Å². The molecule has 1 aromatic heterocycles. The van der Waals surface area contributed by atoms with Crippen LogP contribution in [0.3, 0.4) is 0 Å². The number of benzene rings is 1. The topological polar surface area (TPSA) is 53.4 Å². The lowest BCUT2D eigenvalue weighted by Crippen LogP contribution is -2.48. The number of amides is 2. The highest BCUT2D eigenvalue weighted by Gasteiger charge is 2.24. The van der Waals surface area contributed by atoms with E-state index in [4.69, 9.17) is 0 Å². The number of urea groups is 1. The first-order valence-electron chi connectivity index (χ1n) is 10.1. The van der Waals surface area contributed by atoms with Crippen LogP contribution in [0.2, 0.25) is 0 Å². The lowest BCUT2D eigenvalue weighted by molar-refractivity contribution is 0.159. The number of anilines is 1. The van der Waals surface area contributed by atoms with E-state index in [-0.39, 0.29) is 6.03 Å². The molecular formula is C21H29N5O. The molecule has 2 aliphatic heterocycles. The van der Waals surface area contributed by atoms with Gasteiger partial charge in [0.15, 0.2) is 0 Å². The summed E-state index contributed by atoms with van der Waals surface area (Å²) in [6.07, 6.45) is 10.3. The molecule has 1 fully saturated rings. The maximum atomic E-state index is 12.6. The van der Waals surface area contributed by atoms with E-state index in [1.165, 1.54) is 24.1 Å². The van der Waals surface area contributed by atoms with Crippen LogP contribution in [0.15, 0.2) is 43.0 Å². The molecule has 144 valence electrons. The van der Waals surface area contributed by atoms with Crippen molar-refractivity contribution in [3.63, 3.8) is 0 Å². The van der Waals surface area contributed by atoms with Crippen molar-refractivity contribution >= 4 is 11.7 Å². The van der Waals surface area contributed by atoms with E-state index in [0.717, 1.165) is 45.6 Å². The second kappa shape index (κ2) is 8.46. The standard InChI is InChI=1S/C21H29N5O/c27-21(26-12-3-5-18(16-26)15-24-13-9-22-17-24)23-10-14-25-11-4-7-19-6-1-2-8-20(19)25/h1-2,6,8-9,13,17-18H,3-5,7,10-12,14-16H2,(H,23,27). The molecule has 2 aromatic rings. The largest absolute Gasteiger partial charge is 0.370 e.